The second kappa shape index (κ2) is 8.70. The lowest BCUT2D eigenvalue weighted by Crippen LogP contribution is -2.45. The Balaban J connectivity index is 4.43. The second-order valence-electron chi connectivity index (χ2n) is 6.36. The highest BCUT2D eigenvalue weighted by atomic mass is 16.7. The van der Waals surface area contributed by atoms with Crippen LogP contribution in [0.25, 0.3) is 0 Å². The molecule has 1 N–H and O–H groups in total. The maximum absolute atomic E-state index is 11.9. The number of carbonyl (C=O) groups is 2. The highest BCUT2D eigenvalue weighted by Gasteiger charge is 2.27. The van der Waals surface area contributed by atoms with Crippen LogP contribution in [0.1, 0.15) is 60.8 Å². The normalized spacial score (nSPS) is 14.0. The van der Waals surface area contributed by atoms with Crippen LogP contribution in [-0.4, -0.2) is 24.4 Å². The van der Waals surface area contributed by atoms with Crippen molar-refractivity contribution < 1.29 is 19.1 Å². The third kappa shape index (κ3) is 8.38. The van der Waals surface area contributed by atoms with Crippen LogP contribution in [0.3, 0.4) is 0 Å². The molecule has 21 heavy (non-hydrogen) atoms. The summed E-state index contributed by atoms with van der Waals surface area (Å²) in [5.74, 6) is -0.575. The molecule has 0 rings (SSSR count). The fourth-order valence-corrected chi connectivity index (χ4v) is 1.73. The van der Waals surface area contributed by atoms with Gasteiger partial charge in [0.25, 0.3) is 0 Å². The van der Waals surface area contributed by atoms with Crippen molar-refractivity contribution in [1.82, 2.24) is 5.32 Å². The van der Waals surface area contributed by atoms with Crippen molar-refractivity contribution in [2.75, 3.05) is 0 Å². The smallest absolute Gasteiger partial charge is 0.410 e. The highest BCUT2D eigenvalue weighted by molar-refractivity contribution is 5.87. The highest BCUT2D eigenvalue weighted by Crippen LogP contribution is 2.23. The number of esters is 1. The Morgan fingerprint density at radius 2 is 1.81 bits per heavy atom. The number of ether oxygens (including phenoxy) is 2. The average molecular weight is 299 g/mol. The first kappa shape index (κ1) is 19.5. The molecule has 0 aliphatic heterocycles. The molecule has 0 aliphatic carbocycles. The minimum absolute atomic E-state index is 0.00833. The molecule has 0 heterocycles. The Labute approximate surface area is 128 Å². The van der Waals surface area contributed by atoms with E-state index in [0.717, 1.165) is 19.3 Å². The molecular weight excluding hydrogens is 270 g/mol. The Morgan fingerprint density at radius 1 is 1.24 bits per heavy atom. The van der Waals surface area contributed by atoms with Gasteiger partial charge in [0.05, 0.1) is 0 Å². The number of hydrogen-bond acceptors (Lipinski definition) is 4. The molecule has 0 aromatic rings. The van der Waals surface area contributed by atoms with E-state index >= 15 is 0 Å². The summed E-state index contributed by atoms with van der Waals surface area (Å²) in [5.41, 5.74) is 0.201. The quantitative estimate of drug-likeness (QED) is 0.441. The molecule has 0 fully saturated rings. The van der Waals surface area contributed by atoms with Crippen LogP contribution >= 0.6 is 0 Å². The van der Waals surface area contributed by atoms with Crippen molar-refractivity contribution in [2.24, 2.45) is 5.41 Å². The van der Waals surface area contributed by atoms with Gasteiger partial charge in [0.2, 0.25) is 6.29 Å². The SMILES string of the molecule is C=C(C)C(=O)OC(C)OC(=O)NC(CCCC)C(C)(C)C. The van der Waals surface area contributed by atoms with E-state index in [1.54, 1.807) is 0 Å². The van der Waals surface area contributed by atoms with Gasteiger partial charge < -0.3 is 14.8 Å². The fourth-order valence-electron chi connectivity index (χ4n) is 1.73. The predicted molar refractivity (Wildman–Crippen MR) is 82.8 cm³/mol. The molecular formula is C16H29NO4. The van der Waals surface area contributed by atoms with E-state index in [4.69, 9.17) is 9.47 Å². The molecule has 2 atom stereocenters. The van der Waals surface area contributed by atoms with Gasteiger partial charge in [-0.3, -0.25) is 0 Å². The van der Waals surface area contributed by atoms with E-state index < -0.39 is 18.4 Å². The lowest BCUT2D eigenvalue weighted by Gasteiger charge is -2.31. The third-order valence-corrected chi connectivity index (χ3v) is 3.08. The number of alkyl carbamates (subject to hydrolysis) is 1. The molecule has 0 bridgehead atoms. The maximum Gasteiger partial charge on any atom is 0.410 e. The molecule has 0 radical (unpaired) electrons. The fraction of sp³-hybridized carbons (Fsp3) is 0.750. The molecule has 122 valence electrons. The minimum Gasteiger partial charge on any atom is -0.422 e. The van der Waals surface area contributed by atoms with Crippen LogP contribution in [0.4, 0.5) is 4.79 Å². The van der Waals surface area contributed by atoms with E-state index in [9.17, 15) is 9.59 Å². The zero-order valence-corrected chi connectivity index (χ0v) is 14.1. The molecule has 0 aromatic heterocycles. The van der Waals surface area contributed by atoms with Gasteiger partial charge in [0.15, 0.2) is 0 Å². The van der Waals surface area contributed by atoms with Gasteiger partial charge in [-0.1, -0.05) is 47.1 Å². The van der Waals surface area contributed by atoms with Crippen LogP contribution < -0.4 is 5.32 Å². The number of carbonyl (C=O) groups excluding carboxylic acids is 2. The summed E-state index contributed by atoms with van der Waals surface area (Å²) in [6.07, 6.45) is 1.46. The number of nitrogens with one attached hydrogen (secondary N) is 1. The molecule has 5 heteroatoms. The molecule has 0 saturated carbocycles. The van der Waals surface area contributed by atoms with E-state index in [-0.39, 0.29) is 17.0 Å². The predicted octanol–water partition coefficient (Wildman–Crippen LogP) is 3.78. The van der Waals surface area contributed by atoms with Gasteiger partial charge in [-0.25, -0.2) is 9.59 Å². The van der Waals surface area contributed by atoms with Crippen LogP contribution in [0.5, 0.6) is 0 Å². The van der Waals surface area contributed by atoms with Crippen LogP contribution in [0, 0.1) is 5.41 Å². The van der Waals surface area contributed by atoms with Crippen molar-refractivity contribution in [1.29, 1.82) is 0 Å². The number of amides is 1. The summed E-state index contributed by atoms with van der Waals surface area (Å²) in [6, 6.07) is 0.00833. The van der Waals surface area contributed by atoms with Gasteiger partial charge in [-0.05, 0) is 18.8 Å². The van der Waals surface area contributed by atoms with E-state index in [0.29, 0.717) is 0 Å². The maximum atomic E-state index is 11.9. The summed E-state index contributed by atoms with van der Waals surface area (Å²) in [5, 5.41) is 2.85. The van der Waals surface area contributed by atoms with Crippen molar-refractivity contribution in [2.45, 2.75) is 73.1 Å². The molecule has 0 saturated heterocycles. The van der Waals surface area contributed by atoms with Gasteiger partial charge in [-0.15, -0.1) is 0 Å². The first-order valence-corrected chi connectivity index (χ1v) is 7.41. The molecule has 5 nitrogen and oxygen atoms in total. The van der Waals surface area contributed by atoms with Crippen LogP contribution in [-0.2, 0) is 14.3 Å². The Morgan fingerprint density at radius 3 is 2.24 bits per heavy atom. The van der Waals surface area contributed by atoms with Crippen LogP contribution in [0.2, 0.25) is 0 Å². The van der Waals surface area contributed by atoms with Crippen molar-refractivity contribution in [3.05, 3.63) is 12.2 Å². The molecule has 0 spiro atoms. The molecule has 0 aromatic carbocycles. The topological polar surface area (TPSA) is 64.6 Å². The number of hydrogen-bond donors (Lipinski definition) is 1. The van der Waals surface area contributed by atoms with Gasteiger partial charge in [-0.2, -0.15) is 0 Å². The monoisotopic (exact) mass is 299 g/mol. The first-order valence-electron chi connectivity index (χ1n) is 7.41. The summed E-state index contributed by atoms with van der Waals surface area (Å²) >= 11 is 0. The van der Waals surface area contributed by atoms with Gasteiger partial charge >= 0.3 is 12.1 Å². The number of rotatable bonds is 7. The average Bonchev–Trinajstić information content (AvgIpc) is 2.32. The molecule has 2 unspecified atom stereocenters. The first-order chi connectivity index (χ1) is 9.57. The second-order valence-corrected chi connectivity index (χ2v) is 6.36. The largest absolute Gasteiger partial charge is 0.422 e. The Hall–Kier alpha value is -1.52. The third-order valence-electron chi connectivity index (χ3n) is 3.08. The zero-order valence-electron chi connectivity index (χ0n) is 14.1. The van der Waals surface area contributed by atoms with Crippen molar-refractivity contribution >= 4 is 12.1 Å². The van der Waals surface area contributed by atoms with Crippen molar-refractivity contribution in [3.63, 3.8) is 0 Å². The summed E-state index contributed by atoms with van der Waals surface area (Å²) in [6.45, 7) is 14.8. The Kier molecular flexibility index (Phi) is 8.07. The molecule has 0 aliphatic rings. The number of unbranched alkanes of at least 4 members (excludes halogenated alkanes) is 1. The zero-order chi connectivity index (χ0) is 16.6. The van der Waals surface area contributed by atoms with E-state index in [1.165, 1.54) is 13.8 Å². The standard InChI is InChI=1S/C16H29NO4/c1-8-9-10-13(16(5,6)7)17-15(19)21-12(4)20-14(18)11(2)3/h12-13H,2,8-10H2,1,3-7H3,(H,17,19). The summed E-state index contributed by atoms with van der Waals surface area (Å²) in [4.78, 5) is 23.2. The van der Waals surface area contributed by atoms with Gasteiger partial charge in [0, 0.05) is 18.5 Å². The van der Waals surface area contributed by atoms with Crippen LogP contribution in [0.15, 0.2) is 12.2 Å². The minimum atomic E-state index is -0.944. The summed E-state index contributed by atoms with van der Waals surface area (Å²) < 4.78 is 9.95. The van der Waals surface area contributed by atoms with Crippen molar-refractivity contribution in [3.8, 4) is 0 Å². The summed E-state index contributed by atoms with van der Waals surface area (Å²) in [7, 11) is 0. The van der Waals surface area contributed by atoms with Gasteiger partial charge in [0.1, 0.15) is 0 Å². The lowest BCUT2D eigenvalue weighted by molar-refractivity contribution is -0.160. The molecule has 1 amide bonds. The Bertz CT molecular complexity index is 371. The van der Waals surface area contributed by atoms with E-state index in [2.05, 4.69) is 39.6 Å². The lowest BCUT2D eigenvalue weighted by atomic mass is 9.84. The van der Waals surface area contributed by atoms with E-state index in [1.807, 2.05) is 0 Å².